The number of hydrogen-bond donors (Lipinski definition) is 0. The molecule has 0 fully saturated rings. The Labute approximate surface area is 53.3 Å². The minimum Gasteiger partial charge on any atom is -0.198 e. The van der Waals surface area contributed by atoms with Gasteiger partial charge in [-0.1, -0.05) is 0 Å². The van der Waals surface area contributed by atoms with E-state index in [1.165, 1.54) is 0 Å². The molecule has 0 aromatic carbocycles. The SMILES string of the molecule is CC(CC#N)S(=O)(=O)F. The summed E-state index contributed by atoms with van der Waals surface area (Å²) in [6.45, 7) is 1.15. The summed E-state index contributed by atoms with van der Waals surface area (Å²) < 4.78 is 31.6. The molecule has 0 aliphatic carbocycles. The van der Waals surface area contributed by atoms with Crippen molar-refractivity contribution in [1.29, 1.82) is 5.26 Å². The Hall–Kier alpha value is -0.630. The summed E-state index contributed by atoms with van der Waals surface area (Å²) in [6, 6.07) is 1.55. The molecule has 0 spiro atoms. The van der Waals surface area contributed by atoms with Crippen molar-refractivity contribution in [3.8, 4) is 6.07 Å². The lowest BCUT2D eigenvalue weighted by Gasteiger charge is -1.96. The summed E-state index contributed by atoms with van der Waals surface area (Å²) in [4.78, 5) is 0. The first-order valence-corrected chi connectivity index (χ1v) is 3.73. The minimum atomic E-state index is -4.49. The normalized spacial score (nSPS) is 14.3. The third-order valence-corrected chi connectivity index (χ3v) is 1.99. The van der Waals surface area contributed by atoms with Gasteiger partial charge in [-0.2, -0.15) is 13.7 Å². The van der Waals surface area contributed by atoms with Crippen LogP contribution in [0.1, 0.15) is 13.3 Å². The van der Waals surface area contributed by atoms with Crippen molar-refractivity contribution >= 4 is 10.2 Å². The Kier molecular flexibility index (Phi) is 2.59. The summed E-state index contributed by atoms with van der Waals surface area (Å²) in [7, 11) is -4.49. The van der Waals surface area contributed by atoms with Crippen LogP contribution in [0, 0.1) is 11.3 Å². The molecule has 0 heterocycles. The second kappa shape index (κ2) is 2.78. The lowest BCUT2D eigenvalue weighted by molar-refractivity contribution is 0.538. The van der Waals surface area contributed by atoms with Crippen molar-refractivity contribution in [1.82, 2.24) is 0 Å². The molecular formula is C4H6FNO2S. The van der Waals surface area contributed by atoms with E-state index in [2.05, 4.69) is 0 Å². The molecule has 0 saturated heterocycles. The van der Waals surface area contributed by atoms with Crippen LogP contribution in [0.25, 0.3) is 0 Å². The van der Waals surface area contributed by atoms with Crippen molar-refractivity contribution in [3.05, 3.63) is 0 Å². The first-order valence-electron chi connectivity index (χ1n) is 2.29. The minimum absolute atomic E-state index is 0.293. The Morgan fingerprint density at radius 1 is 1.78 bits per heavy atom. The fourth-order valence-corrected chi connectivity index (χ4v) is 0.502. The Morgan fingerprint density at radius 2 is 2.22 bits per heavy atom. The van der Waals surface area contributed by atoms with E-state index in [9.17, 15) is 12.3 Å². The standard InChI is InChI=1S/C4H6FNO2S/c1-4(2-3-6)9(5,7)8/h4H,2H2,1H3. The van der Waals surface area contributed by atoms with Crippen LogP contribution < -0.4 is 0 Å². The van der Waals surface area contributed by atoms with E-state index in [0.29, 0.717) is 0 Å². The maximum Gasteiger partial charge on any atom is 0.306 e. The van der Waals surface area contributed by atoms with Crippen molar-refractivity contribution in [2.45, 2.75) is 18.6 Å². The summed E-state index contributed by atoms with van der Waals surface area (Å²) >= 11 is 0. The van der Waals surface area contributed by atoms with Gasteiger partial charge in [0, 0.05) is 0 Å². The van der Waals surface area contributed by atoms with E-state index in [1.807, 2.05) is 0 Å². The van der Waals surface area contributed by atoms with Crippen molar-refractivity contribution in [3.63, 3.8) is 0 Å². The fraction of sp³-hybridized carbons (Fsp3) is 0.750. The molecule has 0 bridgehead atoms. The van der Waals surface area contributed by atoms with Crippen LogP contribution in [-0.2, 0) is 10.2 Å². The molecule has 0 aromatic rings. The first kappa shape index (κ1) is 8.37. The average molecular weight is 151 g/mol. The third-order valence-electron chi connectivity index (χ3n) is 0.859. The molecule has 1 unspecified atom stereocenters. The largest absolute Gasteiger partial charge is 0.306 e. The van der Waals surface area contributed by atoms with Gasteiger partial charge in [0.2, 0.25) is 0 Å². The van der Waals surface area contributed by atoms with E-state index >= 15 is 0 Å². The van der Waals surface area contributed by atoms with Gasteiger partial charge in [-0.3, -0.25) is 0 Å². The number of nitrogens with zero attached hydrogens (tertiary/aromatic N) is 1. The zero-order chi connectivity index (χ0) is 7.49. The average Bonchev–Trinajstić information content (AvgIpc) is 1.64. The lowest BCUT2D eigenvalue weighted by Crippen LogP contribution is -2.10. The third kappa shape index (κ3) is 3.03. The molecule has 0 aromatic heterocycles. The number of rotatable bonds is 2. The number of halogens is 1. The van der Waals surface area contributed by atoms with Gasteiger partial charge in [0.25, 0.3) is 0 Å². The maximum absolute atomic E-state index is 11.8. The molecule has 0 amide bonds. The van der Waals surface area contributed by atoms with Gasteiger partial charge in [-0.25, -0.2) is 0 Å². The summed E-state index contributed by atoms with van der Waals surface area (Å²) in [5.74, 6) is 0. The van der Waals surface area contributed by atoms with Gasteiger partial charge in [-0.05, 0) is 6.92 Å². The molecule has 0 saturated carbocycles. The van der Waals surface area contributed by atoms with E-state index < -0.39 is 15.5 Å². The van der Waals surface area contributed by atoms with Gasteiger partial charge in [0.05, 0.1) is 12.5 Å². The Morgan fingerprint density at radius 3 is 2.33 bits per heavy atom. The van der Waals surface area contributed by atoms with Gasteiger partial charge >= 0.3 is 10.2 Å². The van der Waals surface area contributed by atoms with E-state index in [-0.39, 0.29) is 6.42 Å². The lowest BCUT2D eigenvalue weighted by atomic mass is 10.4. The van der Waals surface area contributed by atoms with Crippen LogP contribution in [0.2, 0.25) is 0 Å². The molecule has 0 aliphatic rings. The molecule has 5 heteroatoms. The second-order valence-electron chi connectivity index (χ2n) is 1.65. The molecule has 1 atom stereocenters. The molecule has 52 valence electrons. The van der Waals surface area contributed by atoms with Gasteiger partial charge in [-0.15, -0.1) is 3.89 Å². The number of nitriles is 1. The molecule has 0 aliphatic heterocycles. The smallest absolute Gasteiger partial charge is 0.198 e. The Balaban J connectivity index is 4.10. The van der Waals surface area contributed by atoms with Gasteiger partial charge in [0.1, 0.15) is 5.25 Å². The zero-order valence-corrected chi connectivity index (χ0v) is 5.65. The predicted molar refractivity (Wildman–Crippen MR) is 29.7 cm³/mol. The van der Waals surface area contributed by atoms with Crippen LogP contribution in [0.15, 0.2) is 0 Å². The van der Waals surface area contributed by atoms with E-state index in [1.54, 1.807) is 6.07 Å². The quantitative estimate of drug-likeness (QED) is 0.542. The fourth-order valence-electron chi connectivity index (χ4n) is 0.228. The predicted octanol–water partition coefficient (Wildman–Crippen LogP) is 0.588. The first-order chi connectivity index (χ1) is 3.98. The van der Waals surface area contributed by atoms with Crippen LogP contribution in [-0.4, -0.2) is 13.7 Å². The van der Waals surface area contributed by atoms with Crippen LogP contribution >= 0.6 is 0 Å². The van der Waals surface area contributed by atoms with Gasteiger partial charge in [0.15, 0.2) is 0 Å². The van der Waals surface area contributed by atoms with Crippen molar-refractivity contribution in [2.24, 2.45) is 0 Å². The molecule has 0 radical (unpaired) electrons. The van der Waals surface area contributed by atoms with E-state index in [0.717, 1.165) is 6.92 Å². The van der Waals surface area contributed by atoms with Crippen molar-refractivity contribution < 1.29 is 12.3 Å². The summed E-state index contributed by atoms with van der Waals surface area (Å²) in [5, 5.41) is 6.73. The topological polar surface area (TPSA) is 57.9 Å². The molecule has 0 rings (SSSR count). The highest BCUT2D eigenvalue weighted by molar-refractivity contribution is 7.87. The van der Waals surface area contributed by atoms with Gasteiger partial charge < -0.3 is 0 Å². The van der Waals surface area contributed by atoms with Crippen molar-refractivity contribution in [2.75, 3.05) is 0 Å². The van der Waals surface area contributed by atoms with Crippen LogP contribution in [0.3, 0.4) is 0 Å². The Bertz CT molecular complexity index is 215. The molecular weight excluding hydrogens is 145 g/mol. The number of hydrogen-bond acceptors (Lipinski definition) is 3. The summed E-state index contributed by atoms with van der Waals surface area (Å²) in [5.41, 5.74) is 0. The molecule has 3 nitrogen and oxygen atoms in total. The monoisotopic (exact) mass is 151 g/mol. The van der Waals surface area contributed by atoms with Crippen LogP contribution in [0.5, 0.6) is 0 Å². The summed E-state index contributed by atoms with van der Waals surface area (Å²) in [6.07, 6.45) is -0.293. The highest BCUT2D eigenvalue weighted by Gasteiger charge is 2.17. The highest BCUT2D eigenvalue weighted by atomic mass is 32.3. The molecule has 9 heavy (non-hydrogen) atoms. The highest BCUT2D eigenvalue weighted by Crippen LogP contribution is 2.05. The second-order valence-corrected chi connectivity index (χ2v) is 3.40. The zero-order valence-electron chi connectivity index (χ0n) is 4.83. The maximum atomic E-state index is 11.8. The molecule has 0 N–H and O–H groups in total. The van der Waals surface area contributed by atoms with E-state index in [4.69, 9.17) is 5.26 Å². The van der Waals surface area contributed by atoms with Crippen LogP contribution in [0.4, 0.5) is 3.89 Å².